The highest BCUT2D eigenvalue weighted by molar-refractivity contribution is 7.09. The van der Waals surface area contributed by atoms with Gasteiger partial charge in [-0.2, -0.15) is 0 Å². The molecule has 1 N–H and O–H groups in total. The van der Waals surface area contributed by atoms with Crippen molar-refractivity contribution in [2.45, 2.75) is 37.6 Å². The molecule has 126 valence electrons. The quantitative estimate of drug-likeness (QED) is 0.926. The molecule has 1 aliphatic carbocycles. The van der Waals surface area contributed by atoms with Crippen LogP contribution in [-0.4, -0.2) is 24.1 Å². The van der Waals surface area contributed by atoms with Crippen LogP contribution in [0.3, 0.4) is 0 Å². The van der Waals surface area contributed by atoms with Crippen LogP contribution in [0.4, 0.5) is 0 Å². The third-order valence-electron chi connectivity index (χ3n) is 4.66. The normalized spacial score (nSPS) is 18.8. The molecule has 1 amide bonds. The van der Waals surface area contributed by atoms with Crippen LogP contribution in [0.1, 0.15) is 47.5 Å². The van der Waals surface area contributed by atoms with Gasteiger partial charge in [-0.25, -0.2) is 4.98 Å². The van der Waals surface area contributed by atoms with E-state index in [1.54, 1.807) is 29.7 Å². The van der Waals surface area contributed by atoms with Gasteiger partial charge in [0, 0.05) is 23.6 Å². The monoisotopic (exact) mass is 344 g/mol. The molecule has 24 heavy (non-hydrogen) atoms. The molecular weight excluding hydrogens is 324 g/mol. The SMILES string of the molecule is O=C(NC1(c2nccs2)CCCC1)c1ccc2c(c1)OCCCO2. The number of carbonyl (C=O) groups excluding carboxylic acids is 1. The maximum atomic E-state index is 12.8. The third-order valence-corrected chi connectivity index (χ3v) is 5.64. The lowest BCUT2D eigenvalue weighted by Gasteiger charge is -2.28. The number of thiazole rings is 1. The topological polar surface area (TPSA) is 60.5 Å². The van der Waals surface area contributed by atoms with Crippen molar-refractivity contribution in [2.24, 2.45) is 0 Å². The first-order valence-corrected chi connectivity index (χ1v) is 9.27. The van der Waals surface area contributed by atoms with E-state index in [2.05, 4.69) is 10.3 Å². The van der Waals surface area contributed by atoms with Gasteiger partial charge in [-0.3, -0.25) is 4.79 Å². The summed E-state index contributed by atoms with van der Waals surface area (Å²) in [4.78, 5) is 17.3. The lowest BCUT2D eigenvalue weighted by Crippen LogP contribution is -2.43. The lowest BCUT2D eigenvalue weighted by atomic mass is 9.97. The summed E-state index contributed by atoms with van der Waals surface area (Å²) in [5, 5.41) is 6.22. The number of fused-ring (bicyclic) bond motifs is 1. The molecule has 1 aliphatic heterocycles. The first kappa shape index (κ1) is 15.4. The van der Waals surface area contributed by atoms with E-state index < -0.39 is 0 Å². The highest BCUT2D eigenvalue weighted by Crippen LogP contribution is 2.40. The number of hydrogen-bond acceptors (Lipinski definition) is 5. The summed E-state index contributed by atoms with van der Waals surface area (Å²) in [6.07, 6.45) is 6.76. The van der Waals surface area contributed by atoms with Crippen molar-refractivity contribution in [1.29, 1.82) is 0 Å². The van der Waals surface area contributed by atoms with Crippen molar-refractivity contribution >= 4 is 17.2 Å². The maximum absolute atomic E-state index is 12.8. The summed E-state index contributed by atoms with van der Waals surface area (Å²) in [6, 6.07) is 5.40. The molecule has 0 unspecified atom stereocenters. The van der Waals surface area contributed by atoms with E-state index in [4.69, 9.17) is 9.47 Å². The van der Waals surface area contributed by atoms with E-state index >= 15 is 0 Å². The Kier molecular flexibility index (Phi) is 4.14. The highest BCUT2D eigenvalue weighted by atomic mass is 32.1. The minimum atomic E-state index is -0.324. The summed E-state index contributed by atoms with van der Waals surface area (Å²) in [5.74, 6) is 1.28. The van der Waals surface area contributed by atoms with Crippen LogP contribution in [0.2, 0.25) is 0 Å². The van der Waals surface area contributed by atoms with Gasteiger partial charge in [0.05, 0.1) is 18.8 Å². The van der Waals surface area contributed by atoms with Crippen molar-refractivity contribution in [3.8, 4) is 11.5 Å². The minimum Gasteiger partial charge on any atom is -0.490 e. The molecule has 0 spiro atoms. The lowest BCUT2D eigenvalue weighted by molar-refractivity contribution is 0.0897. The van der Waals surface area contributed by atoms with Crippen LogP contribution in [-0.2, 0) is 5.54 Å². The Morgan fingerprint density at radius 3 is 2.67 bits per heavy atom. The molecule has 2 aliphatic rings. The molecule has 2 aromatic rings. The predicted octanol–water partition coefficient (Wildman–Crippen LogP) is 3.50. The molecule has 1 aromatic heterocycles. The van der Waals surface area contributed by atoms with Gasteiger partial charge < -0.3 is 14.8 Å². The number of ether oxygens (including phenoxy) is 2. The zero-order chi connectivity index (χ0) is 16.4. The Hall–Kier alpha value is -2.08. The van der Waals surface area contributed by atoms with Gasteiger partial charge in [-0.1, -0.05) is 12.8 Å². The molecule has 1 fully saturated rings. The first-order valence-electron chi connectivity index (χ1n) is 8.39. The molecule has 5 nitrogen and oxygen atoms in total. The number of benzene rings is 1. The second kappa shape index (κ2) is 6.43. The molecule has 1 saturated carbocycles. The Balaban J connectivity index is 1.58. The molecule has 0 saturated heterocycles. The van der Waals surface area contributed by atoms with E-state index in [9.17, 15) is 4.79 Å². The molecule has 2 heterocycles. The third kappa shape index (κ3) is 2.86. The van der Waals surface area contributed by atoms with Gasteiger partial charge in [0.25, 0.3) is 5.91 Å². The average Bonchev–Trinajstić information content (AvgIpc) is 3.23. The van der Waals surface area contributed by atoms with Crippen LogP contribution < -0.4 is 14.8 Å². The van der Waals surface area contributed by atoms with Crippen LogP contribution in [0.15, 0.2) is 29.8 Å². The van der Waals surface area contributed by atoms with E-state index in [-0.39, 0.29) is 11.4 Å². The first-order chi connectivity index (χ1) is 11.8. The van der Waals surface area contributed by atoms with Crippen LogP contribution >= 0.6 is 11.3 Å². The van der Waals surface area contributed by atoms with Crippen molar-refractivity contribution in [3.63, 3.8) is 0 Å². The number of hydrogen-bond donors (Lipinski definition) is 1. The Morgan fingerprint density at radius 2 is 1.92 bits per heavy atom. The average molecular weight is 344 g/mol. The largest absolute Gasteiger partial charge is 0.490 e. The smallest absolute Gasteiger partial charge is 0.252 e. The fourth-order valence-electron chi connectivity index (χ4n) is 3.42. The second-order valence-electron chi connectivity index (χ2n) is 6.29. The number of nitrogens with one attached hydrogen (secondary N) is 1. The summed E-state index contributed by atoms with van der Waals surface area (Å²) >= 11 is 1.61. The van der Waals surface area contributed by atoms with Crippen LogP contribution in [0.25, 0.3) is 0 Å². The number of carbonyl (C=O) groups is 1. The van der Waals surface area contributed by atoms with Crippen LogP contribution in [0, 0.1) is 0 Å². The predicted molar refractivity (Wildman–Crippen MR) is 91.8 cm³/mol. The van der Waals surface area contributed by atoms with Crippen molar-refractivity contribution in [2.75, 3.05) is 13.2 Å². The molecular formula is C18H20N2O3S. The van der Waals surface area contributed by atoms with Gasteiger partial charge in [-0.15, -0.1) is 11.3 Å². The Labute approximate surface area is 145 Å². The van der Waals surface area contributed by atoms with Gasteiger partial charge >= 0.3 is 0 Å². The van der Waals surface area contributed by atoms with Gasteiger partial charge in [0.2, 0.25) is 0 Å². The summed E-state index contributed by atoms with van der Waals surface area (Å²) < 4.78 is 11.3. The molecule has 1 aromatic carbocycles. The summed E-state index contributed by atoms with van der Waals surface area (Å²) in [5.41, 5.74) is 0.275. The van der Waals surface area contributed by atoms with Gasteiger partial charge in [0.1, 0.15) is 5.01 Å². The Morgan fingerprint density at radius 1 is 1.12 bits per heavy atom. The zero-order valence-corrected chi connectivity index (χ0v) is 14.2. The molecule has 0 atom stereocenters. The molecule has 6 heteroatoms. The van der Waals surface area contributed by atoms with E-state index in [0.717, 1.165) is 37.1 Å². The zero-order valence-electron chi connectivity index (χ0n) is 13.4. The fourth-order valence-corrected chi connectivity index (χ4v) is 4.28. The Bertz CT molecular complexity index is 724. The summed E-state index contributed by atoms with van der Waals surface area (Å²) in [6.45, 7) is 1.26. The van der Waals surface area contributed by atoms with Gasteiger partial charge in [-0.05, 0) is 31.0 Å². The number of amides is 1. The van der Waals surface area contributed by atoms with E-state index in [1.165, 1.54) is 0 Å². The van der Waals surface area contributed by atoms with E-state index in [0.29, 0.717) is 30.3 Å². The number of nitrogens with zero attached hydrogens (tertiary/aromatic N) is 1. The molecule has 4 rings (SSSR count). The fraction of sp³-hybridized carbons (Fsp3) is 0.444. The summed E-state index contributed by atoms with van der Waals surface area (Å²) in [7, 11) is 0. The second-order valence-corrected chi connectivity index (χ2v) is 7.19. The van der Waals surface area contributed by atoms with Crippen LogP contribution in [0.5, 0.6) is 11.5 Å². The van der Waals surface area contributed by atoms with Crippen molar-refractivity contribution in [1.82, 2.24) is 10.3 Å². The maximum Gasteiger partial charge on any atom is 0.252 e. The van der Waals surface area contributed by atoms with E-state index in [1.807, 2.05) is 11.4 Å². The minimum absolute atomic E-state index is 0.0808. The molecule has 0 bridgehead atoms. The van der Waals surface area contributed by atoms with Crippen molar-refractivity contribution < 1.29 is 14.3 Å². The number of aromatic nitrogens is 1. The highest BCUT2D eigenvalue weighted by Gasteiger charge is 2.39. The van der Waals surface area contributed by atoms with Crippen molar-refractivity contribution in [3.05, 3.63) is 40.3 Å². The van der Waals surface area contributed by atoms with Gasteiger partial charge in [0.15, 0.2) is 11.5 Å². The number of rotatable bonds is 3. The standard InChI is InChI=1S/C18H20N2O3S/c21-16(13-4-5-14-15(12-13)23-10-3-9-22-14)20-18(6-1-2-7-18)17-19-8-11-24-17/h4-5,8,11-12H,1-3,6-7,9-10H2,(H,20,21). The molecule has 0 radical (unpaired) electrons.